The van der Waals surface area contributed by atoms with Crippen molar-refractivity contribution < 1.29 is 9.90 Å². The highest BCUT2D eigenvalue weighted by molar-refractivity contribution is 7.99. The van der Waals surface area contributed by atoms with Gasteiger partial charge >= 0.3 is 5.97 Å². The minimum atomic E-state index is -0.820. The summed E-state index contributed by atoms with van der Waals surface area (Å²) in [4.78, 5) is 12.2. The van der Waals surface area contributed by atoms with Crippen LogP contribution in [0, 0.1) is 0 Å². The van der Waals surface area contributed by atoms with Crippen LogP contribution in [0.4, 0.5) is 0 Å². The largest absolute Gasteiger partial charge is 0.477 e. The number of rotatable bonds is 8. The van der Waals surface area contributed by atoms with E-state index in [1.807, 2.05) is 5.38 Å². The topological polar surface area (TPSA) is 37.3 Å². The van der Waals surface area contributed by atoms with Gasteiger partial charge in [0.2, 0.25) is 0 Å². The van der Waals surface area contributed by atoms with Crippen molar-refractivity contribution in [1.29, 1.82) is 0 Å². The molecule has 0 aromatic carbocycles. The zero-order valence-electron chi connectivity index (χ0n) is 9.57. The van der Waals surface area contributed by atoms with Crippen LogP contribution in [0.5, 0.6) is 0 Å². The lowest BCUT2D eigenvalue weighted by atomic mass is 10.2. The van der Waals surface area contributed by atoms with Crippen molar-refractivity contribution in [3.63, 3.8) is 0 Å². The van der Waals surface area contributed by atoms with Crippen LogP contribution in [-0.2, 0) is 0 Å². The van der Waals surface area contributed by atoms with Gasteiger partial charge in [0.1, 0.15) is 4.88 Å². The van der Waals surface area contributed by atoms with E-state index in [1.165, 1.54) is 43.4 Å². The fraction of sp³-hybridized carbons (Fsp3) is 0.583. The van der Waals surface area contributed by atoms with Gasteiger partial charge in [0.15, 0.2) is 0 Å². The van der Waals surface area contributed by atoms with E-state index in [2.05, 4.69) is 6.92 Å². The van der Waals surface area contributed by atoms with Crippen LogP contribution >= 0.6 is 23.1 Å². The third-order valence-corrected chi connectivity index (χ3v) is 4.43. The average Bonchev–Trinajstić information content (AvgIpc) is 2.72. The van der Waals surface area contributed by atoms with Crippen molar-refractivity contribution in [3.8, 4) is 0 Å². The van der Waals surface area contributed by atoms with Gasteiger partial charge in [-0.05, 0) is 18.2 Å². The second-order valence-electron chi connectivity index (χ2n) is 3.71. The summed E-state index contributed by atoms with van der Waals surface area (Å²) < 4.78 is 0. The number of carbonyl (C=O) groups is 1. The van der Waals surface area contributed by atoms with Gasteiger partial charge in [0.05, 0.1) is 0 Å². The van der Waals surface area contributed by atoms with E-state index in [0.717, 1.165) is 10.6 Å². The van der Waals surface area contributed by atoms with Crippen LogP contribution in [0.1, 0.15) is 48.7 Å². The Kier molecular flexibility index (Phi) is 6.57. The quantitative estimate of drug-likeness (QED) is 0.550. The van der Waals surface area contributed by atoms with Crippen molar-refractivity contribution in [3.05, 3.63) is 16.3 Å². The summed E-state index contributed by atoms with van der Waals surface area (Å²) in [5, 5.41) is 10.7. The molecule has 0 radical (unpaired) electrons. The molecule has 0 saturated carbocycles. The van der Waals surface area contributed by atoms with Crippen LogP contribution in [0.3, 0.4) is 0 Å². The van der Waals surface area contributed by atoms with Crippen molar-refractivity contribution in [2.45, 2.75) is 43.9 Å². The lowest BCUT2D eigenvalue weighted by Gasteiger charge is -1.99. The van der Waals surface area contributed by atoms with E-state index in [9.17, 15) is 4.79 Å². The molecule has 1 N–H and O–H groups in total. The lowest BCUT2D eigenvalue weighted by molar-refractivity contribution is 0.0702. The van der Waals surface area contributed by atoms with Gasteiger partial charge in [0.25, 0.3) is 0 Å². The second-order valence-corrected chi connectivity index (χ2v) is 5.79. The van der Waals surface area contributed by atoms with Gasteiger partial charge in [-0.2, -0.15) is 0 Å². The summed E-state index contributed by atoms with van der Waals surface area (Å²) in [6, 6.07) is 1.77. The molecule has 0 saturated heterocycles. The molecule has 90 valence electrons. The molecule has 0 amide bonds. The van der Waals surface area contributed by atoms with Crippen molar-refractivity contribution in [1.82, 2.24) is 0 Å². The van der Waals surface area contributed by atoms with Gasteiger partial charge in [0, 0.05) is 10.3 Å². The third-order valence-electron chi connectivity index (χ3n) is 2.30. The summed E-state index contributed by atoms with van der Waals surface area (Å²) in [6.45, 7) is 2.22. The first-order valence-electron chi connectivity index (χ1n) is 5.68. The standard InChI is InChI=1S/C12H18O2S2/c1-2-3-4-5-6-7-15-10-8-11(12(13)14)16-9-10/h8-9H,2-7H2,1H3,(H,13,14). The molecule has 1 aromatic rings. The number of aromatic carboxylic acids is 1. The van der Waals surface area contributed by atoms with Gasteiger partial charge in [-0.15, -0.1) is 23.1 Å². The van der Waals surface area contributed by atoms with Crippen LogP contribution in [-0.4, -0.2) is 16.8 Å². The monoisotopic (exact) mass is 258 g/mol. The van der Waals surface area contributed by atoms with E-state index in [0.29, 0.717) is 4.88 Å². The van der Waals surface area contributed by atoms with E-state index >= 15 is 0 Å². The van der Waals surface area contributed by atoms with Crippen LogP contribution in [0.15, 0.2) is 16.3 Å². The Morgan fingerprint density at radius 3 is 2.75 bits per heavy atom. The Bertz CT molecular complexity index is 321. The van der Waals surface area contributed by atoms with E-state index < -0.39 is 5.97 Å². The number of hydrogen-bond acceptors (Lipinski definition) is 3. The molecule has 0 aliphatic rings. The minimum absolute atomic E-state index is 0.438. The van der Waals surface area contributed by atoms with Crippen molar-refractivity contribution >= 4 is 29.1 Å². The molecule has 0 bridgehead atoms. The molecule has 0 atom stereocenters. The zero-order valence-corrected chi connectivity index (χ0v) is 11.2. The minimum Gasteiger partial charge on any atom is -0.477 e. The Labute approximate surface area is 105 Å². The Balaban J connectivity index is 2.14. The number of thioether (sulfide) groups is 1. The Morgan fingerprint density at radius 1 is 1.38 bits per heavy atom. The number of thiophene rings is 1. The van der Waals surface area contributed by atoms with E-state index in [1.54, 1.807) is 17.8 Å². The third kappa shape index (κ3) is 5.03. The first kappa shape index (κ1) is 13.6. The van der Waals surface area contributed by atoms with E-state index in [-0.39, 0.29) is 0 Å². The molecule has 1 aromatic heterocycles. The molecule has 0 fully saturated rings. The number of carboxylic acid groups (broad SMARTS) is 1. The fourth-order valence-corrected chi connectivity index (χ4v) is 3.29. The number of hydrogen-bond donors (Lipinski definition) is 1. The van der Waals surface area contributed by atoms with Crippen molar-refractivity contribution in [2.75, 3.05) is 5.75 Å². The molecule has 0 aliphatic carbocycles. The zero-order chi connectivity index (χ0) is 11.8. The molecule has 1 heterocycles. The predicted octanol–water partition coefficient (Wildman–Crippen LogP) is 4.51. The van der Waals surface area contributed by atoms with Gasteiger partial charge in [-0.1, -0.05) is 32.6 Å². The van der Waals surface area contributed by atoms with Crippen LogP contribution < -0.4 is 0 Å². The smallest absolute Gasteiger partial charge is 0.345 e. The van der Waals surface area contributed by atoms with Gasteiger partial charge < -0.3 is 5.11 Å². The summed E-state index contributed by atoms with van der Waals surface area (Å²) in [5.41, 5.74) is 0. The first-order chi connectivity index (χ1) is 7.74. The highest BCUT2D eigenvalue weighted by atomic mass is 32.2. The highest BCUT2D eigenvalue weighted by Crippen LogP contribution is 2.25. The Hall–Kier alpha value is -0.480. The lowest BCUT2D eigenvalue weighted by Crippen LogP contribution is -1.89. The molecular formula is C12H18O2S2. The molecular weight excluding hydrogens is 240 g/mol. The SMILES string of the molecule is CCCCCCCSc1csc(C(=O)O)c1. The van der Waals surface area contributed by atoms with Gasteiger partial charge in [-0.3, -0.25) is 0 Å². The Morgan fingerprint density at radius 2 is 2.12 bits per heavy atom. The molecule has 0 spiro atoms. The van der Waals surface area contributed by atoms with Crippen molar-refractivity contribution in [2.24, 2.45) is 0 Å². The van der Waals surface area contributed by atoms with Crippen LogP contribution in [0.2, 0.25) is 0 Å². The molecule has 0 unspecified atom stereocenters. The molecule has 16 heavy (non-hydrogen) atoms. The number of unbranched alkanes of at least 4 members (excludes halogenated alkanes) is 4. The van der Waals surface area contributed by atoms with Gasteiger partial charge in [-0.25, -0.2) is 4.79 Å². The van der Waals surface area contributed by atoms with Crippen LogP contribution in [0.25, 0.3) is 0 Å². The number of carboxylic acids is 1. The van der Waals surface area contributed by atoms with E-state index in [4.69, 9.17) is 5.11 Å². The average molecular weight is 258 g/mol. The summed E-state index contributed by atoms with van der Waals surface area (Å²) >= 11 is 3.07. The highest BCUT2D eigenvalue weighted by Gasteiger charge is 2.06. The molecule has 4 heteroatoms. The maximum atomic E-state index is 10.7. The maximum Gasteiger partial charge on any atom is 0.345 e. The fourth-order valence-electron chi connectivity index (χ4n) is 1.40. The first-order valence-corrected chi connectivity index (χ1v) is 7.55. The normalized spacial score (nSPS) is 10.6. The molecule has 0 aliphatic heterocycles. The summed E-state index contributed by atoms with van der Waals surface area (Å²) in [7, 11) is 0. The maximum absolute atomic E-state index is 10.7. The summed E-state index contributed by atoms with van der Waals surface area (Å²) in [6.07, 6.45) is 6.44. The molecule has 2 nitrogen and oxygen atoms in total. The second kappa shape index (κ2) is 7.74. The predicted molar refractivity (Wildman–Crippen MR) is 70.8 cm³/mol. The summed E-state index contributed by atoms with van der Waals surface area (Å²) in [5.74, 6) is 0.277. The molecule has 1 rings (SSSR count).